The number of benzene rings is 1. The van der Waals surface area contributed by atoms with Gasteiger partial charge >= 0.3 is 0 Å². The molecule has 2 saturated carbocycles. The molecule has 0 heterocycles. The van der Waals surface area contributed by atoms with Gasteiger partial charge in [0.15, 0.2) is 0 Å². The number of nitrogens with two attached hydrogens (primary N) is 1. The molecule has 2 heteroatoms. The molecule has 2 N–H and O–H groups in total. The topological polar surface area (TPSA) is 29.3 Å². The Morgan fingerprint density at radius 2 is 1.95 bits per heavy atom. The van der Waals surface area contributed by atoms with Gasteiger partial charge in [0.05, 0.1) is 0 Å². The highest BCUT2D eigenvalue weighted by atomic mass is 15.2. The quantitative estimate of drug-likeness (QED) is 0.876. The van der Waals surface area contributed by atoms with Crippen molar-refractivity contribution in [2.24, 2.45) is 5.73 Å². The van der Waals surface area contributed by atoms with Crippen molar-refractivity contribution in [3.05, 3.63) is 35.4 Å². The highest BCUT2D eigenvalue weighted by Crippen LogP contribution is 2.41. The molecule has 0 aromatic heterocycles. The third-order valence-electron chi connectivity index (χ3n) is 4.96. The first-order valence-electron chi connectivity index (χ1n) is 7.81. The monoisotopic (exact) mass is 258 g/mol. The summed E-state index contributed by atoms with van der Waals surface area (Å²) < 4.78 is 0. The maximum Gasteiger partial charge on any atom is 0.0470 e. The molecule has 0 bridgehead atoms. The molecule has 1 aromatic carbocycles. The molecule has 2 nitrogen and oxygen atoms in total. The summed E-state index contributed by atoms with van der Waals surface area (Å²) in [6.45, 7) is 0.723. The summed E-state index contributed by atoms with van der Waals surface area (Å²) in [5.41, 5.74) is 9.02. The number of hydrogen-bond acceptors (Lipinski definition) is 2. The molecule has 3 rings (SSSR count). The van der Waals surface area contributed by atoms with E-state index in [1.807, 2.05) is 0 Å². The summed E-state index contributed by atoms with van der Waals surface area (Å²) in [6.07, 6.45) is 8.19. The molecule has 1 aromatic rings. The largest absolute Gasteiger partial charge is 0.329 e. The lowest BCUT2D eigenvalue weighted by Crippen LogP contribution is -2.37. The van der Waals surface area contributed by atoms with Crippen molar-refractivity contribution in [1.29, 1.82) is 0 Å². The van der Waals surface area contributed by atoms with E-state index in [4.69, 9.17) is 5.73 Å². The lowest BCUT2D eigenvalue weighted by molar-refractivity contribution is 0.179. The predicted octanol–water partition coefficient (Wildman–Crippen LogP) is 3.44. The minimum Gasteiger partial charge on any atom is -0.329 e. The van der Waals surface area contributed by atoms with E-state index in [9.17, 15) is 0 Å². The summed E-state index contributed by atoms with van der Waals surface area (Å²) in [7, 11) is 2.26. The molecule has 2 aliphatic carbocycles. The summed E-state index contributed by atoms with van der Waals surface area (Å²) in [4.78, 5) is 2.53. The Hall–Kier alpha value is -0.860. The van der Waals surface area contributed by atoms with Crippen LogP contribution in [-0.2, 0) is 0 Å². The van der Waals surface area contributed by atoms with Crippen molar-refractivity contribution in [3.8, 4) is 0 Å². The van der Waals surface area contributed by atoms with Crippen LogP contribution in [0.5, 0.6) is 0 Å². The number of hydrogen-bond donors (Lipinski definition) is 1. The Labute approximate surface area is 117 Å². The molecule has 104 valence electrons. The average molecular weight is 258 g/mol. The summed E-state index contributed by atoms with van der Waals surface area (Å²) in [6, 6.07) is 10.3. The average Bonchev–Trinajstić information content (AvgIpc) is 3.15. The highest BCUT2D eigenvalue weighted by molar-refractivity contribution is 5.31. The first-order chi connectivity index (χ1) is 9.29. The van der Waals surface area contributed by atoms with E-state index in [1.54, 1.807) is 0 Å². The van der Waals surface area contributed by atoms with Crippen molar-refractivity contribution in [1.82, 2.24) is 4.90 Å². The van der Waals surface area contributed by atoms with E-state index in [0.717, 1.165) is 18.5 Å². The van der Waals surface area contributed by atoms with Gasteiger partial charge in [-0.15, -0.1) is 0 Å². The van der Waals surface area contributed by atoms with Gasteiger partial charge in [-0.05, 0) is 49.8 Å². The summed E-state index contributed by atoms with van der Waals surface area (Å²) >= 11 is 0. The predicted molar refractivity (Wildman–Crippen MR) is 80.2 cm³/mol. The van der Waals surface area contributed by atoms with Crippen LogP contribution in [0.15, 0.2) is 24.3 Å². The van der Waals surface area contributed by atoms with Crippen molar-refractivity contribution in [3.63, 3.8) is 0 Å². The number of likely N-dealkylation sites (N-methyl/N-ethyl adjacent to an activating group) is 1. The zero-order valence-corrected chi connectivity index (χ0v) is 12.0. The minimum absolute atomic E-state index is 0.391. The van der Waals surface area contributed by atoms with Crippen molar-refractivity contribution >= 4 is 0 Å². The molecular weight excluding hydrogens is 232 g/mol. The van der Waals surface area contributed by atoms with Crippen LogP contribution in [0.4, 0.5) is 0 Å². The Kier molecular flexibility index (Phi) is 3.90. The maximum atomic E-state index is 6.07. The van der Waals surface area contributed by atoms with Crippen molar-refractivity contribution in [2.45, 2.75) is 56.5 Å². The van der Waals surface area contributed by atoms with Gasteiger partial charge in [-0.25, -0.2) is 0 Å². The van der Waals surface area contributed by atoms with Crippen LogP contribution < -0.4 is 5.73 Å². The second kappa shape index (κ2) is 5.64. The highest BCUT2D eigenvalue weighted by Gasteiger charge is 2.28. The van der Waals surface area contributed by atoms with Crippen LogP contribution in [-0.4, -0.2) is 24.5 Å². The molecule has 2 fully saturated rings. The van der Waals surface area contributed by atoms with Crippen LogP contribution in [0, 0.1) is 0 Å². The van der Waals surface area contributed by atoms with Gasteiger partial charge in [0, 0.05) is 18.6 Å². The minimum atomic E-state index is 0.391. The van der Waals surface area contributed by atoms with Crippen LogP contribution in [0.3, 0.4) is 0 Å². The van der Waals surface area contributed by atoms with Crippen LogP contribution >= 0.6 is 0 Å². The van der Waals surface area contributed by atoms with Crippen molar-refractivity contribution < 1.29 is 0 Å². The van der Waals surface area contributed by atoms with Gasteiger partial charge in [-0.1, -0.05) is 37.1 Å². The third kappa shape index (κ3) is 2.85. The molecule has 1 unspecified atom stereocenters. The normalized spacial score (nSPS) is 22.1. The lowest BCUT2D eigenvalue weighted by Gasteiger charge is -2.33. The number of rotatable bonds is 5. The van der Waals surface area contributed by atoms with Gasteiger partial charge in [-0.2, -0.15) is 0 Å². The fourth-order valence-corrected chi connectivity index (χ4v) is 3.54. The molecular formula is C17H26N2. The van der Waals surface area contributed by atoms with E-state index in [2.05, 4.69) is 36.2 Å². The number of nitrogens with zero attached hydrogens (tertiary/aromatic N) is 1. The van der Waals surface area contributed by atoms with E-state index in [-0.39, 0.29) is 0 Å². The Morgan fingerprint density at radius 1 is 1.21 bits per heavy atom. The Bertz CT molecular complexity index is 419. The van der Waals surface area contributed by atoms with E-state index in [0.29, 0.717) is 6.04 Å². The Morgan fingerprint density at radius 3 is 2.58 bits per heavy atom. The molecule has 19 heavy (non-hydrogen) atoms. The summed E-state index contributed by atoms with van der Waals surface area (Å²) in [5, 5.41) is 0. The van der Waals surface area contributed by atoms with E-state index >= 15 is 0 Å². The van der Waals surface area contributed by atoms with Gasteiger partial charge in [0.1, 0.15) is 0 Å². The van der Waals surface area contributed by atoms with Gasteiger partial charge in [0.25, 0.3) is 0 Å². The smallest absolute Gasteiger partial charge is 0.0470 e. The van der Waals surface area contributed by atoms with Gasteiger partial charge in [0.2, 0.25) is 0 Å². The zero-order valence-electron chi connectivity index (χ0n) is 12.0. The molecule has 0 radical (unpaired) electrons. The molecule has 0 saturated heterocycles. The van der Waals surface area contributed by atoms with Crippen LogP contribution in [0.1, 0.15) is 61.6 Å². The molecule has 0 amide bonds. The first-order valence-corrected chi connectivity index (χ1v) is 7.81. The molecule has 0 spiro atoms. The van der Waals surface area contributed by atoms with Gasteiger partial charge in [-0.3, -0.25) is 4.90 Å². The SMILES string of the molecule is CN(C1CCCC1)C(CN)c1cccc(C2CC2)c1. The Balaban J connectivity index is 1.78. The van der Waals surface area contributed by atoms with Crippen molar-refractivity contribution in [2.75, 3.05) is 13.6 Å². The van der Waals surface area contributed by atoms with E-state index < -0.39 is 0 Å². The lowest BCUT2D eigenvalue weighted by atomic mass is 9.99. The molecule has 1 atom stereocenters. The van der Waals surface area contributed by atoms with Crippen LogP contribution in [0.2, 0.25) is 0 Å². The molecule has 0 aliphatic heterocycles. The van der Waals surface area contributed by atoms with Gasteiger partial charge < -0.3 is 5.73 Å². The summed E-state index contributed by atoms with van der Waals surface area (Å²) in [5.74, 6) is 0.829. The zero-order chi connectivity index (χ0) is 13.2. The fourth-order valence-electron chi connectivity index (χ4n) is 3.54. The van der Waals surface area contributed by atoms with Crippen LogP contribution in [0.25, 0.3) is 0 Å². The third-order valence-corrected chi connectivity index (χ3v) is 4.96. The fraction of sp³-hybridized carbons (Fsp3) is 0.647. The molecule has 2 aliphatic rings. The van der Waals surface area contributed by atoms with E-state index in [1.165, 1.54) is 49.7 Å². The first kappa shape index (κ1) is 13.1. The second-order valence-corrected chi connectivity index (χ2v) is 6.30. The standard InChI is InChI=1S/C17H26N2/c1-19(16-7-2-3-8-16)17(12-18)15-6-4-5-14(11-15)13-9-10-13/h4-6,11,13,16-17H,2-3,7-10,12,18H2,1H3. The second-order valence-electron chi connectivity index (χ2n) is 6.30. The maximum absolute atomic E-state index is 6.07.